The lowest BCUT2D eigenvalue weighted by Crippen LogP contribution is -2.09. The molecule has 1 atom stereocenters. The minimum atomic E-state index is 0.164. The summed E-state index contributed by atoms with van der Waals surface area (Å²) in [7, 11) is 0. The standard InChI is InChI=1S/C17H20ClNO/c1-4-20-17-8-6-5-7-15(17)13(3)19-16-10-9-14(18)11-12(16)2/h5-11,13,19H,4H2,1-3H3. The molecule has 0 fully saturated rings. The van der Waals surface area contributed by atoms with E-state index in [0.29, 0.717) is 6.61 Å². The highest BCUT2D eigenvalue weighted by atomic mass is 35.5. The first-order valence-corrected chi connectivity index (χ1v) is 7.24. The lowest BCUT2D eigenvalue weighted by molar-refractivity contribution is 0.335. The minimum Gasteiger partial charge on any atom is -0.494 e. The van der Waals surface area contributed by atoms with Crippen LogP contribution in [0.3, 0.4) is 0 Å². The van der Waals surface area contributed by atoms with Crippen LogP contribution in [0.4, 0.5) is 5.69 Å². The molecule has 2 nitrogen and oxygen atoms in total. The number of benzene rings is 2. The Kier molecular flexibility index (Phi) is 4.91. The van der Waals surface area contributed by atoms with E-state index in [0.717, 1.165) is 27.6 Å². The van der Waals surface area contributed by atoms with Gasteiger partial charge in [-0.1, -0.05) is 29.8 Å². The first-order chi connectivity index (χ1) is 9.61. The molecule has 0 amide bonds. The highest BCUT2D eigenvalue weighted by molar-refractivity contribution is 6.30. The summed E-state index contributed by atoms with van der Waals surface area (Å²) < 4.78 is 5.68. The van der Waals surface area contributed by atoms with Crippen LogP contribution in [0.2, 0.25) is 5.02 Å². The van der Waals surface area contributed by atoms with Gasteiger partial charge in [-0.2, -0.15) is 0 Å². The summed E-state index contributed by atoms with van der Waals surface area (Å²) in [4.78, 5) is 0. The third kappa shape index (κ3) is 3.45. The van der Waals surface area contributed by atoms with Crippen molar-refractivity contribution in [3.05, 3.63) is 58.6 Å². The van der Waals surface area contributed by atoms with E-state index in [9.17, 15) is 0 Å². The Morgan fingerprint density at radius 2 is 1.95 bits per heavy atom. The summed E-state index contributed by atoms with van der Waals surface area (Å²) in [6.07, 6.45) is 0. The maximum absolute atomic E-state index is 5.99. The van der Waals surface area contributed by atoms with Crippen molar-refractivity contribution in [3.8, 4) is 5.75 Å². The minimum absolute atomic E-state index is 0.164. The number of rotatable bonds is 5. The summed E-state index contributed by atoms with van der Waals surface area (Å²) in [6, 6.07) is 14.2. The van der Waals surface area contributed by atoms with Crippen LogP contribution in [0.1, 0.15) is 31.0 Å². The Bertz CT molecular complexity index is 583. The molecule has 106 valence electrons. The molecule has 0 aromatic heterocycles. The van der Waals surface area contributed by atoms with Gasteiger partial charge in [0.15, 0.2) is 0 Å². The molecule has 0 saturated heterocycles. The van der Waals surface area contributed by atoms with Crippen molar-refractivity contribution >= 4 is 17.3 Å². The smallest absolute Gasteiger partial charge is 0.124 e. The van der Waals surface area contributed by atoms with E-state index in [1.807, 2.05) is 43.3 Å². The number of ether oxygens (including phenoxy) is 1. The van der Waals surface area contributed by atoms with Crippen molar-refractivity contribution in [2.24, 2.45) is 0 Å². The molecule has 0 aliphatic heterocycles. The van der Waals surface area contributed by atoms with Gasteiger partial charge in [0.25, 0.3) is 0 Å². The monoisotopic (exact) mass is 289 g/mol. The molecule has 0 radical (unpaired) electrons. The van der Waals surface area contributed by atoms with E-state index < -0.39 is 0 Å². The van der Waals surface area contributed by atoms with Gasteiger partial charge in [-0.15, -0.1) is 0 Å². The van der Waals surface area contributed by atoms with Crippen LogP contribution in [0.25, 0.3) is 0 Å². The molecular weight excluding hydrogens is 270 g/mol. The lowest BCUT2D eigenvalue weighted by Gasteiger charge is -2.20. The van der Waals surface area contributed by atoms with Crippen molar-refractivity contribution in [1.82, 2.24) is 0 Å². The zero-order valence-corrected chi connectivity index (χ0v) is 12.9. The van der Waals surface area contributed by atoms with Crippen molar-refractivity contribution in [3.63, 3.8) is 0 Å². The molecule has 2 aromatic carbocycles. The summed E-state index contributed by atoms with van der Waals surface area (Å²) in [5, 5.41) is 4.27. The molecule has 2 aromatic rings. The molecule has 3 heteroatoms. The maximum atomic E-state index is 5.99. The molecule has 0 aliphatic carbocycles. The fourth-order valence-electron chi connectivity index (χ4n) is 2.23. The second-order valence-corrected chi connectivity index (χ2v) is 5.23. The first-order valence-electron chi connectivity index (χ1n) is 6.86. The van der Waals surface area contributed by atoms with E-state index in [1.54, 1.807) is 0 Å². The average Bonchev–Trinajstić information content (AvgIpc) is 2.43. The zero-order chi connectivity index (χ0) is 14.5. The fourth-order valence-corrected chi connectivity index (χ4v) is 2.45. The van der Waals surface area contributed by atoms with Crippen LogP contribution in [0.5, 0.6) is 5.75 Å². The number of hydrogen-bond acceptors (Lipinski definition) is 2. The van der Waals surface area contributed by atoms with E-state index in [1.165, 1.54) is 0 Å². The van der Waals surface area contributed by atoms with Gasteiger partial charge in [0.05, 0.1) is 12.6 Å². The molecule has 1 N–H and O–H groups in total. The van der Waals surface area contributed by atoms with Gasteiger partial charge in [-0.05, 0) is 50.6 Å². The second-order valence-electron chi connectivity index (χ2n) is 4.80. The van der Waals surface area contributed by atoms with E-state index >= 15 is 0 Å². The zero-order valence-electron chi connectivity index (χ0n) is 12.1. The van der Waals surface area contributed by atoms with Gasteiger partial charge in [-0.25, -0.2) is 0 Å². The number of anilines is 1. The van der Waals surface area contributed by atoms with Crippen LogP contribution in [0, 0.1) is 6.92 Å². The third-order valence-electron chi connectivity index (χ3n) is 3.25. The Labute approximate surface area is 125 Å². The predicted molar refractivity (Wildman–Crippen MR) is 85.8 cm³/mol. The fraction of sp³-hybridized carbons (Fsp3) is 0.294. The second kappa shape index (κ2) is 6.67. The highest BCUT2D eigenvalue weighted by Crippen LogP contribution is 2.29. The summed E-state index contributed by atoms with van der Waals surface area (Å²) in [5.74, 6) is 0.932. The van der Waals surface area contributed by atoms with Crippen LogP contribution in [-0.4, -0.2) is 6.61 Å². The van der Waals surface area contributed by atoms with Gasteiger partial charge >= 0.3 is 0 Å². The predicted octanol–water partition coefficient (Wildman–Crippen LogP) is 5.22. The van der Waals surface area contributed by atoms with Gasteiger partial charge < -0.3 is 10.1 Å². The van der Waals surface area contributed by atoms with Crippen LogP contribution >= 0.6 is 11.6 Å². The summed E-state index contributed by atoms with van der Waals surface area (Å²) >= 11 is 5.99. The lowest BCUT2D eigenvalue weighted by atomic mass is 10.1. The largest absolute Gasteiger partial charge is 0.494 e. The van der Waals surface area contributed by atoms with E-state index in [-0.39, 0.29) is 6.04 Å². The normalized spacial score (nSPS) is 12.0. The third-order valence-corrected chi connectivity index (χ3v) is 3.48. The molecular formula is C17H20ClNO. The van der Waals surface area contributed by atoms with Crippen molar-refractivity contribution < 1.29 is 4.74 Å². The van der Waals surface area contributed by atoms with E-state index in [2.05, 4.69) is 25.2 Å². The number of hydrogen-bond donors (Lipinski definition) is 1. The van der Waals surface area contributed by atoms with Gasteiger partial charge in [-0.3, -0.25) is 0 Å². The number of halogens is 1. The molecule has 0 saturated carbocycles. The van der Waals surface area contributed by atoms with Crippen molar-refractivity contribution in [1.29, 1.82) is 0 Å². The first kappa shape index (κ1) is 14.7. The molecule has 0 bridgehead atoms. The van der Waals surface area contributed by atoms with Gasteiger partial charge in [0.2, 0.25) is 0 Å². The SMILES string of the molecule is CCOc1ccccc1C(C)Nc1ccc(Cl)cc1C. The van der Waals surface area contributed by atoms with Crippen LogP contribution in [0.15, 0.2) is 42.5 Å². The number of nitrogens with one attached hydrogen (secondary N) is 1. The van der Waals surface area contributed by atoms with E-state index in [4.69, 9.17) is 16.3 Å². The molecule has 2 rings (SSSR count). The van der Waals surface area contributed by atoms with Crippen LogP contribution in [-0.2, 0) is 0 Å². The van der Waals surface area contributed by atoms with Gasteiger partial charge in [0.1, 0.15) is 5.75 Å². The van der Waals surface area contributed by atoms with Crippen molar-refractivity contribution in [2.45, 2.75) is 26.8 Å². The summed E-state index contributed by atoms with van der Waals surface area (Å²) in [6.45, 7) is 6.85. The Balaban J connectivity index is 2.21. The molecule has 20 heavy (non-hydrogen) atoms. The van der Waals surface area contributed by atoms with Gasteiger partial charge in [0, 0.05) is 16.3 Å². The van der Waals surface area contributed by atoms with Crippen LogP contribution < -0.4 is 10.1 Å². The molecule has 0 aliphatic rings. The topological polar surface area (TPSA) is 21.3 Å². The molecule has 0 spiro atoms. The quantitative estimate of drug-likeness (QED) is 0.815. The maximum Gasteiger partial charge on any atom is 0.124 e. The average molecular weight is 290 g/mol. The summed E-state index contributed by atoms with van der Waals surface area (Å²) in [5.41, 5.74) is 3.38. The Hall–Kier alpha value is -1.67. The Morgan fingerprint density at radius 3 is 2.65 bits per heavy atom. The number of para-hydroxylation sites is 1. The Morgan fingerprint density at radius 1 is 1.20 bits per heavy atom. The number of aryl methyl sites for hydroxylation is 1. The van der Waals surface area contributed by atoms with Crippen molar-refractivity contribution in [2.75, 3.05) is 11.9 Å². The molecule has 0 heterocycles. The molecule has 1 unspecified atom stereocenters. The highest BCUT2D eigenvalue weighted by Gasteiger charge is 2.12.